The SMILES string of the molecule is O=C(OCC(O)COc1c2ccccc2c(OCC(O)COC(=O)c2cc3cc(O)ccc3cc2O)c2ccccc12)c1cc2cc(O)ccc2cc1O. The van der Waals surface area contributed by atoms with Gasteiger partial charge in [-0.05, 0) is 70.1 Å². The minimum atomic E-state index is -1.24. The first kappa shape index (κ1) is 35.6. The Morgan fingerprint density at radius 2 is 0.833 bits per heavy atom. The molecule has 0 saturated carbocycles. The third-order valence-electron chi connectivity index (χ3n) is 8.80. The van der Waals surface area contributed by atoms with E-state index in [1.54, 1.807) is 36.4 Å². The number of esters is 2. The van der Waals surface area contributed by atoms with Crippen molar-refractivity contribution in [3.05, 3.63) is 120 Å². The maximum atomic E-state index is 12.8. The quantitative estimate of drug-likeness (QED) is 0.0607. The van der Waals surface area contributed by atoms with Crippen molar-refractivity contribution in [2.45, 2.75) is 12.2 Å². The summed E-state index contributed by atoms with van der Waals surface area (Å²) in [7, 11) is 0. The van der Waals surface area contributed by atoms with Gasteiger partial charge in [0, 0.05) is 21.5 Å². The van der Waals surface area contributed by atoms with Crippen molar-refractivity contribution in [1.82, 2.24) is 0 Å². The van der Waals surface area contributed by atoms with E-state index in [9.17, 15) is 40.2 Å². The second-order valence-corrected chi connectivity index (χ2v) is 12.7. The molecule has 12 heteroatoms. The number of ether oxygens (including phenoxy) is 4. The second kappa shape index (κ2) is 15.1. The third kappa shape index (κ3) is 7.42. The monoisotopic (exact) mass is 730 g/mol. The first-order valence-corrected chi connectivity index (χ1v) is 16.9. The molecule has 2 atom stereocenters. The molecule has 0 heterocycles. The summed E-state index contributed by atoms with van der Waals surface area (Å²) < 4.78 is 22.9. The average molecular weight is 731 g/mol. The molecule has 274 valence electrons. The van der Waals surface area contributed by atoms with Gasteiger partial charge >= 0.3 is 11.9 Å². The molecule has 6 N–H and O–H groups in total. The predicted molar refractivity (Wildman–Crippen MR) is 200 cm³/mol. The molecule has 0 spiro atoms. The molecule has 0 aliphatic rings. The highest BCUT2D eigenvalue weighted by Crippen LogP contribution is 2.43. The van der Waals surface area contributed by atoms with E-state index in [-0.39, 0.29) is 47.3 Å². The number of carbonyl (C=O) groups excluding carboxylic acids is 2. The third-order valence-corrected chi connectivity index (χ3v) is 8.80. The van der Waals surface area contributed by atoms with Crippen molar-refractivity contribution < 1.29 is 59.2 Å². The largest absolute Gasteiger partial charge is 0.508 e. The number of hydrogen-bond donors (Lipinski definition) is 6. The maximum Gasteiger partial charge on any atom is 0.342 e. The van der Waals surface area contributed by atoms with E-state index >= 15 is 0 Å². The molecule has 0 fully saturated rings. The topological polar surface area (TPSA) is 192 Å². The number of aliphatic hydroxyl groups excluding tert-OH is 2. The number of carbonyl (C=O) groups is 2. The number of fused-ring (bicyclic) bond motifs is 4. The van der Waals surface area contributed by atoms with Crippen LogP contribution in [-0.4, -0.2) is 81.2 Å². The van der Waals surface area contributed by atoms with Crippen LogP contribution in [0.5, 0.6) is 34.5 Å². The molecule has 7 aromatic carbocycles. The normalized spacial score (nSPS) is 12.5. The Labute approximate surface area is 307 Å². The molecule has 54 heavy (non-hydrogen) atoms. The maximum absolute atomic E-state index is 12.8. The number of benzene rings is 7. The fourth-order valence-electron chi connectivity index (χ4n) is 6.19. The standard InChI is InChI=1S/C42H34O12/c43-27-11-9-23-17-37(47)35(15-25(23)13-27)41(49)53-21-29(45)19-51-39-31-5-1-2-6-32(31)40(34-8-4-3-7-33(34)39)52-20-30(46)22-54-42(50)36-16-26-14-28(44)12-10-24(26)18-38(36)48/h1-18,29-30,43-48H,19-22H2. The van der Waals surface area contributed by atoms with Gasteiger partial charge in [-0.2, -0.15) is 0 Å². The van der Waals surface area contributed by atoms with E-state index in [2.05, 4.69) is 0 Å². The first-order chi connectivity index (χ1) is 26.0. The van der Waals surface area contributed by atoms with Gasteiger partial charge in [-0.15, -0.1) is 0 Å². The molecular weight excluding hydrogens is 696 g/mol. The van der Waals surface area contributed by atoms with Gasteiger partial charge in [0.05, 0.1) is 0 Å². The van der Waals surface area contributed by atoms with Crippen molar-refractivity contribution in [1.29, 1.82) is 0 Å². The van der Waals surface area contributed by atoms with Crippen molar-refractivity contribution in [2.75, 3.05) is 26.4 Å². The Bertz CT molecular complexity index is 2310. The molecule has 0 saturated heterocycles. The molecule has 7 aromatic rings. The molecule has 0 bridgehead atoms. The highest BCUT2D eigenvalue weighted by atomic mass is 16.6. The molecule has 0 aliphatic heterocycles. The summed E-state index contributed by atoms with van der Waals surface area (Å²) in [6, 6.07) is 29.1. The highest BCUT2D eigenvalue weighted by Gasteiger charge is 2.21. The summed E-state index contributed by atoms with van der Waals surface area (Å²) in [6.45, 7) is -1.37. The number of phenols is 4. The number of aliphatic hydroxyl groups is 2. The number of hydrogen-bond acceptors (Lipinski definition) is 12. The van der Waals surface area contributed by atoms with Gasteiger partial charge in [-0.3, -0.25) is 0 Å². The lowest BCUT2D eigenvalue weighted by Gasteiger charge is -2.20. The summed E-state index contributed by atoms with van der Waals surface area (Å²) in [5, 5.41) is 66.7. The Morgan fingerprint density at radius 1 is 0.463 bits per heavy atom. The zero-order valence-corrected chi connectivity index (χ0v) is 28.5. The Balaban J connectivity index is 1.02. The molecule has 7 rings (SSSR count). The Hall–Kier alpha value is -6.76. The summed E-state index contributed by atoms with van der Waals surface area (Å²) >= 11 is 0. The molecule has 0 radical (unpaired) electrons. The lowest BCUT2D eigenvalue weighted by Crippen LogP contribution is -2.26. The summed E-state index contributed by atoms with van der Waals surface area (Å²) in [6.07, 6.45) is -2.48. The van der Waals surface area contributed by atoms with Crippen LogP contribution >= 0.6 is 0 Å². The van der Waals surface area contributed by atoms with Crippen molar-refractivity contribution in [3.63, 3.8) is 0 Å². The van der Waals surface area contributed by atoms with E-state index in [4.69, 9.17) is 18.9 Å². The zero-order valence-electron chi connectivity index (χ0n) is 28.5. The minimum absolute atomic E-state index is 0.000122. The van der Waals surface area contributed by atoms with Crippen molar-refractivity contribution in [3.8, 4) is 34.5 Å². The van der Waals surface area contributed by atoms with Crippen LogP contribution in [0, 0.1) is 0 Å². The molecule has 0 aliphatic carbocycles. The van der Waals surface area contributed by atoms with E-state index in [0.29, 0.717) is 54.6 Å². The van der Waals surface area contributed by atoms with Gasteiger partial charge in [0.15, 0.2) is 0 Å². The highest BCUT2D eigenvalue weighted by molar-refractivity contribution is 6.11. The van der Waals surface area contributed by atoms with Crippen LogP contribution in [0.25, 0.3) is 43.1 Å². The van der Waals surface area contributed by atoms with Gasteiger partial charge in [-0.1, -0.05) is 60.7 Å². The van der Waals surface area contributed by atoms with Gasteiger partial charge in [0.25, 0.3) is 0 Å². The zero-order chi connectivity index (χ0) is 37.9. The van der Waals surface area contributed by atoms with Crippen LogP contribution in [0.3, 0.4) is 0 Å². The van der Waals surface area contributed by atoms with Crippen LogP contribution < -0.4 is 9.47 Å². The van der Waals surface area contributed by atoms with E-state index in [1.807, 2.05) is 24.3 Å². The summed E-state index contributed by atoms with van der Waals surface area (Å²) in [4.78, 5) is 25.6. The van der Waals surface area contributed by atoms with E-state index in [1.165, 1.54) is 48.5 Å². The first-order valence-electron chi connectivity index (χ1n) is 16.9. The average Bonchev–Trinajstić information content (AvgIpc) is 3.17. The lowest BCUT2D eigenvalue weighted by atomic mass is 10.0. The van der Waals surface area contributed by atoms with Crippen molar-refractivity contribution in [2.24, 2.45) is 0 Å². The molecule has 12 nitrogen and oxygen atoms in total. The van der Waals surface area contributed by atoms with Gasteiger partial charge < -0.3 is 49.6 Å². The van der Waals surface area contributed by atoms with Crippen LogP contribution in [-0.2, 0) is 9.47 Å². The van der Waals surface area contributed by atoms with Gasteiger partial charge in [0.1, 0.15) is 84.3 Å². The van der Waals surface area contributed by atoms with Crippen LogP contribution in [0.1, 0.15) is 20.7 Å². The van der Waals surface area contributed by atoms with Crippen LogP contribution in [0.15, 0.2) is 109 Å². The summed E-state index contributed by atoms with van der Waals surface area (Å²) in [5.74, 6) is -1.46. The molecular formula is C42H34O12. The van der Waals surface area contributed by atoms with Crippen molar-refractivity contribution >= 4 is 55.0 Å². The predicted octanol–water partition coefficient (Wildman–Crippen LogP) is 6.32. The lowest BCUT2D eigenvalue weighted by molar-refractivity contribution is 0.0126. The number of rotatable bonds is 12. The molecule has 2 unspecified atom stereocenters. The van der Waals surface area contributed by atoms with E-state index in [0.717, 1.165) is 0 Å². The van der Waals surface area contributed by atoms with Crippen LogP contribution in [0.4, 0.5) is 0 Å². The smallest absolute Gasteiger partial charge is 0.342 e. The van der Waals surface area contributed by atoms with Crippen LogP contribution in [0.2, 0.25) is 0 Å². The fraction of sp³-hybridized carbons (Fsp3) is 0.143. The van der Waals surface area contributed by atoms with Gasteiger partial charge in [-0.25, -0.2) is 9.59 Å². The Morgan fingerprint density at radius 3 is 1.20 bits per heavy atom. The summed E-state index contributed by atoms with van der Waals surface area (Å²) in [5.41, 5.74) is -0.244. The Kier molecular flexibility index (Phi) is 9.95. The fourth-order valence-corrected chi connectivity index (χ4v) is 6.19. The molecule has 0 aromatic heterocycles. The molecule has 0 amide bonds. The second-order valence-electron chi connectivity index (χ2n) is 12.7. The minimum Gasteiger partial charge on any atom is -0.508 e. The number of aromatic hydroxyl groups is 4. The van der Waals surface area contributed by atoms with Gasteiger partial charge in [0.2, 0.25) is 0 Å². The van der Waals surface area contributed by atoms with E-state index < -0.39 is 37.4 Å². The number of phenolic OH excluding ortho intramolecular Hbond substituents is 4.